The zero-order chi connectivity index (χ0) is 74.1. The molecule has 3 aliphatic heterocycles. The molecule has 0 saturated carbocycles. The largest absolute Gasteiger partial charge is 0.465 e. The molecule has 0 aromatic heterocycles. The van der Waals surface area contributed by atoms with Crippen LogP contribution in [0.4, 0.5) is 0 Å². The molecule has 24 nitrogen and oxygen atoms in total. The molecule has 3 aliphatic rings. The van der Waals surface area contributed by atoms with Gasteiger partial charge in [-0.25, -0.2) is 4.79 Å². The van der Waals surface area contributed by atoms with E-state index in [1.54, 1.807) is 54.6 Å². The fourth-order valence-corrected chi connectivity index (χ4v) is 13.9. The number of aliphatic hydroxyl groups excluding tert-OH is 1. The number of aliphatic hydroxyl groups is 1. The lowest BCUT2D eigenvalue weighted by Crippen LogP contribution is -2.76. The van der Waals surface area contributed by atoms with Gasteiger partial charge in [-0.05, 0) is 45.5 Å². The molecule has 3 saturated heterocycles. The van der Waals surface area contributed by atoms with Crippen molar-refractivity contribution >= 4 is 47.5 Å². The Morgan fingerprint density at radius 3 is 1.35 bits per heavy atom. The number of esters is 5. The smallest absolute Gasteiger partial charge is 0.368 e. The molecule has 558 valence electrons. The van der Waals surface area contributed by atoms with Crippen LogP contribution < -0.4 is 5.32 Å². The van der Waals surface area contributed by atoms with Crippen molar-refractivity contribution in [2.24, 2.45) is 0 Å². The van der Waals surface area contributed by atoms with Crippen molar-refractivity contribution in [3.05, 3.63) is 246 Å². The lowest BCUT2D eigenvalue weighted by Gasteiger charge is -2.55. The zero-order valence-corrected chi connectivity index (χ0v) is 60.0. The summed E-state index contributed by atoms with van der Waals surface area (Å²) in [5.74, 6) is -8.94. The normalized spacial score (nSPS) is 25.7. The number of hydrogen-bond acceptors (Lipinski definition) is 24. The summed E-state index contributed by atoms with van der Waals surface area (Å²) in [5.41, 5.74) is 4.64. The minimum absolute atomic E-state index is 0.00342. The summed E-state index contributed by atoms with van der Waals surface area (Å²) in [5, 5.41) is 14.7. The molecule has 2 N–H and O–H groups in total. The van der Waals surface area contributed by atoms with E-state index < -0.39 is 152 Å². The Bertz CT molecular complexity index is 3820. The minimum atomic E-state index is -3.07. The van der Waals surface area contributed by atoms with Crippen LogP contribution in [-0.2, 0) is 144 Å². The lowest BCUT2D eigenvalue weighted by molar-refractivity contribution is -0.394. The summed E-state index contributed by atoms with van der Waals surface area (Å²) in [4.78, 5) is 83.7. The number of nitrogens with one attached hydrogen (secondary N) is 1. The summed E-state index contributed by atoms with van der Waals surface area (Å²) >= 11 is 0.892. The van der Waals surface area contributed by atoms with E-state index in [0.29, 0.717) is 10.5 Å². The number of amides is 1. The first-order valence-electron chi connectivity index (χ1n) is 34.5. The van der Waals surface area contributed by atoms with Gasteiger partial charge in [0.25, 0.3) is 5.79 Å². The minimum Gasteiger partial charge on any atom is -0.465 e. The van der Waals surface area contributed by atoms with Crippen LogP contribution in [0.5, 0.6) is 0 Å². The summed E-state index contributed by atoms with van der Waals surface area (Å²) in [7, 11) is 1.03. The van der Waals surface area contributed by atoms with E-state index in [1.165, 1.54) is 0 Å². The van der Waals surface area contributed by atoms with Crippen LogP contribution in [0.3, 0.4) is 0 Å². The first-order chi connectivity index (χ1) is 50.9. The summed E-state index contributed by atoms with van der Waals surface area (Å²) < 4.78 is 107. The van der Waals surface area contributed by atoms with Gasteiger partial charge in [0.05, 0.1) is 66.0 Å². The molecule has 0 radical (unpaired) electrons. The number of carbonyl (C=O) groups excluding carboxylic acids is 6. The maximum Gasteiger partial charge on any atom is 0.368 e. The number of thioether (sulfide) groups is 1. The van der Waals surface area contributed by atoms with Gasteiger partial charge in [0.2, 0.25) is 5.91 Å². The molecule has 1 amide bonds. The van der Waals surface area contributed by atoms with E-state index in [0.717, 1.165) is 81.3 Å². The molecule has 10 rings (SSSR count). The quantitative estimate of drug-likeness (QED) is 0.0276. The fourth-order valence-electron chi connectivity index (χ4n) is 12.6. The van der Waals surface area contributed by atoms with Crippen LogP contribution in [-0.4, -0.2) is 171 Å². The molecule has 0 spiro atoms. The Kier molecular flexibility index (Phi) is 29.7. The van der Waals surface area contributed by atoms with Gasteiger partial charge in [0.1, 0.15) is 72.9 Å². The van der Waals surface area contributed by atoms with Gasteiger partial charge in [0, 0.05) is 39.5 Å². The molecular formula is C80H89NO23S. The van der Waals surface area contributed by atoms with Crippen LogP contribution in [0.25, 0.3) is 0 Å². The molecule has 3 heterocycles. The van der Waals surface area contributed by atoms with E-state index in [-0.39, 0.29) is 46.2 Å². The number of rotatable bonds is 35. The van der Waals surface area contributed by atoms with Gasteiger partial charge >= 0.3 is 29.8 Å². The van der Waals surface area contributed by atoms with Gasteiger partial charge < -0.3 is 86.2 Å². The third-order valence-corrected chi connectivity index (χ3v) is 18.7. The maximum absolute atomic E-state index is 16.1. The predicted octanol–water partition coefficient (Wildman–Crippen LogP) is 9.27. The SMILES string of the molecule is COC(=O)C1(OC2C(O)C(COCc3ccccc3)OC(OC3C(COCc4ccccc4)OC(OCc4ccccc4)C(OCc4ccccc4)C3OCc3ccccc3)C2OCc2ccccc2)OC([C@H](OC(C)=O)[C@@H](COC(C)=O)OC(C)=O)C(NC(C)=O)C(OC(C)=O)C1Sc1ccccc1. The Morgan fingerprint density at radius 1 is 0.476 bits per heavy atom. The third-order valence-electron chi connectivity index (χ3n) is 17.3. The van der Waals surface area contributed by atoms with Gasteiger partial charge in [-0.1, -0.05) is 200 Å². The summed E-state index contributed by atoms with van der Waals surface area (Å²) in [6.07, 6.45) is -22.4. The second kappa shape index (κ2) is 39.5. The van der Waals surface area contributed by atoms with Gasteiger partial charge in [-0.2, -0.15) is 0 Å². The van der Waals surface area contributed by atoms with E-state index in [2.05, 4.69) is 5.32 Å². The van der Waals surface area contributed by atoms with E-state index in [1.807, 2.05) is 158 Å². The summed E-state index contributed by atoms with van der Waals surface area (Å²) in [6, 6.07) is 63.2. The van der Waals surface area contributed by atoms with E-state index in [4.69, 9.17) is 75.8 Å². The molecule has 7 aromatic carbocycles. The van der Waals surface area contributed by atoms with Crippen molar-refractivity contribution < 1.29 is 110 Å². The zero-order valence-electron chi connectivity index (χ0n) is 59.1. The Labute approximate surface area is 614 Å². The Morgan fingerprint density at radius 2 is 0.905 bits per heavy atom. The van der Waals surface area contributed by atoms with E-state index >= 15 is 4.79 Å². The highest BCUT2D eigenvalue weighted by Crippen LogP contribution is 2.48. The molecular weight excluding hydrogens is 1370 g/mol. The Hall–Kier alpha value is -8.77. The van der Waals surface area contributed by atoms with Crippen molar-refractivity contribution in [2.75, 3.05) is 26.9 Å². The number of methoxy groups -OCH3 is 1. The van der Waals surface area contributed by atoms with Gasteiger partial charge in [-0.15, -0.1) is 11.8 Å². The standard InChI is InChI=1S/C80H89NO23S/c1-51(82)81-66-70(68(98-54(4)85)65(97-53(3)84)50-92-52(2)83)103-80(79(88)89-6,76(71(66)99-55(5)86)105-62-40-26-13-27-41-62)104-72-67(87)63(48-90-42-56-28-14-7-15-29-56)100-78(74(72)94-45-59-34-20-10-21-35-59)102-69-64(49-91-43-57-30-16-8-17-31-57)101-77(96-47-61-38-24-12-25-39-61)75(95-46-60-36-22-11-23-37-60)73(69)93-44-58-32-18-9-19-33-58/h7-41,63-78,87H,42-50H2,1-6H3,(H,81,82)/t63?,64?,65-,66?,67?,68-,69?,70?,71?,72?,73?,74?,75?,76?,77?,78?,80?/m1/s1. The number of benzene rings is 7. The van der Waals surface area contributed by atoms with Gasteiger partial charge in [0.15, 0.2) is 24.8 Å². The summed E-state index contributed by atoms with van der Waals surface area (Å²) in [6.45, 7) is 4.03. The monoisotopic (exact) mass is 1460 g/mol. The van der Waals surface area contributed by atoms with Crippen LogP contribution >= 0.6 is 11.8 Å². The first kappa shape index (κ1) is 78.8. The first-order valence-corrected chi connectivity index (χ1v) is 35.4. The second-order valence-electron chi connectivity index (χ2n) is 25.3. The molecule has 15 unspecified atom stereocenters. The van der Waals surface area contributed by atoms with Crippen LogP contribution in [0.2, 0.25) is 0 Å². The molecule has 7 aromatic rings. The third kappa shape index (κ3) is 22.4. The molecule has 25 heteroatoms. The van der Waals surface area contributed by atoms with Crippen molar-refractivity contribution in [1.29, 1.82) is 0 Å². The predicted molar refractivity (Wildman–Crippen MR) is 378 cm³/mol. The van der Waals surface area contributed by atoms with Crippen molar-refractivity contribution in [3.8, 4) is 0 Å². The van der Waals surface area contributed by atoms with Crippen molar-refractivity contribution in [3.63, 3.8) is 0 Å². The van der Waals surface area contributed by atoms with Crippen LogP contribution in [0.1, 0.15) is 68.0 Å². The average Bonchev–Trinajstić information content (AvgIpc) is 0.724. The van der Waals surface area contributed by atoms with E-state index in [9.17, 15) is 29.1 Å². The van der Waals surface area contributed by atoms with Gasteiger partial charge in [-0.3, -0.25) is 24.0 Å². The maximum atomic E-state index is 16.1. The second-order valence-corrected chi connectivity index (χ2v) is 26.5. The number of ether oxygens (including phenoxy) is 16. The van der Waals surface area contributed by atoms with Crippen LogP contribution in [0.15, 0.2) is 217 Å². The average molecular weight is 1460 g/mol. The highest BCUT2D eigenvalue weighted by Gasteiger charge is 2.68. The van der Waals surface area contributed by atoms with Crippen LogP contribution in [0, 0.1) is 0 Å². The highest BCUT2D eigenvalue weighted by molar-refractivity contribution is 8.00. The number of hydrogen-bond donors (Lipinski definition) is 2. The number of carbonyl (C=O) groups is 6. The lowest BCUT2D eigenvalue weighted by atomic mass is 9.87. The molecule has 0 bridgehead atoms. The molecule has 3 fully saturated rings. The fraction of sp³-hybridized carbons (Fsp3) is 0.400. The molecule has 0 aliphatic carbocycles. The molecule has 105 heavy (non-hydrogen) atoms. The Balaban J connectivity index is 1.18. The van der Waals surface area contributed by atoms with Crippen molar-refractivity contribution in [2.45, 2.75) is 182 Å². The highest BCUT2D eigenvalue weighted by atomic mass is 32.2. The molecule has 17 atom stereocenters. The van der Waals surface area contributed by atoms with Crippen molar-refractivity contribution in [1.82, 2.24) is 5.32 Å². The topological polar surface area (TPSA) is 282 Å².